The molecule has 0 radical (unpaired) electrons. The predicted molar refractivity (Wildman–Crippen MR) is 108 cm³/mol. The van der Waals surface area contributed by atoms with E-state index < -0.39 is 0 Å². The number of likely N-dealkylation sites (tertiary alicyclic amines) is 1. The van der Waals surface area contributed by atoms with Crippen molar-refractivity contribution < 1.29 is 9.47 Å². The van der Waals surface area contributed by atoms with Crippen molar-refractivity contribution in [2.45, 2.75) is 38.5 Å². The average Bonchev–Trinajstić information content (AvgIpc) is 3.24. The first-order valence-electron chi connectivity index (χ1n) is 9.96. The SMILES string of the molecule is Cc1ccc2c(c1)C(=C1CCN(C)CC1)C(C)(c1ccc3c(c1)OCO3)C2. The Balaban J connectivity index is 1.68. The number of rotatable bonds is 1. The maximum Gasteiger partial charge on any atom is 0.231 e. The normalized spacial score (nSPS) is 24.4. The average molecular weight is 361 g/mol. The highest BCUT2D eigenvalue weighted by Gasteiger charge is 2.41. The zero-order valence-corrected chi connectivity index (χ0v) is 16.5. The molecule has 0 spiro atoms. The summed E-state index contributed by atoms with van der Waals surface area (Å²) in [5.41, 5.74) is 8.81. The van der Waals surface area contributed by atoms with Gasteiger partial charge in [0.05, 0.1) is 0 Å². The second kappa shape index (κ2) is 6.13. The summed E-state index contributed by atoms with van der Waals surface area (Å²) in [6.45, 7) is 7.25. The molecule has 3 aliphatic rings. The molecule has 5 rings (SSSR count). The Hall–Kier alpha value is -2.26. The molecule has 0 aromatic heterocycles. The lowest BCUT2D eigenvalue weighted by Crippen LogP contribution is -2.29. The summed E-state index contributed by atoms with van der Waals surface area (Å²) >= 11 is 0. The Morgan fingerprint density at radius 2 is 1.74 bits per heavy atom. The molecule has 1 atom stereocenters. The number of nitrogens with zero attached hydrogens (tertiary/aromatic N) is 1. The molecule has 0 N–H and O–H groups in total. The molecule has 27 heavy (non-hydrogen) atoms. The van der Waals surface area contributed by atoms with Gasteiger partial charge in [0.1, 0.15) is 0 Å². The van der Waals surface area contributed by atoms with Crippen molar-refractivity contribution in [2.24, 2.45) is 0 Å². The van der Waals surface area contributed by atoms with Crippen LogP contribution >= 0.6 is 0 Å². The summed E-state index contributed by atoms with van der Waals surface area (Å²) in [6, 6.07) is 13.5. The first-order valence-corrected chi connectivity index (χ1v) is 9.96. The molecule has 1 saturated heterocycles. The number of allylic oxidation sites excluding steroid dienone is 1. The van der Waals surface area contributed by atoms with Crippen molar-refractivity contribution in [1.82, 2.24) is 4.90 Å². The molecule has 3 heteroatoms. The van der Waals surface area contributed by atoms with E-state index in [9.17, 15) is 0 Å². The van der Waals surface area contributed by atoms with Gasteiger partial charge in [0.2, 0.25) is 6.79 Å². The van der Waals surface area contributed by atoms with Crippen LogP contribution in [0, 0.1) is 6.92 Å². The van der Waals surface area contributed by atoms with Crippen LogP contribution in [0.25, 0.3) is 5.57 Å². The third-order valence-corrected chi connectivity index (χ3v) is 6.58. The molecule has 2 aliphatic heterocycles. The smallest absolute Gasteiger partial charge is 0.231 e. The van der Waals surface area contributed by atoms with Gasteiger partial charge in [-0.1, -0.05) is 42.3 Å². The van der Waals surface area contributed by atoms with Crippen molar-refractivity contribution in [3.8, 4) is 11.5 Å². The van der Waals surface area contributed by atoms with Crippen LogP contribution in [0.1, 0.15) is 42.0 Å². The van der Waals surface area contributed by atoms with Gasteiger partial charge in [0.25, 0.3) is 0 Å². The van der Waals surface area contributed by atoms with Gasteiger partial charge >= 0.3 is 0 Å². The van der Waals surface area contributed by atoms with Crippen molar-refractivity contribution >= 4 is 5.57 Å². The summed E-state index contributed by atoms with van der Waals surface area (Å²) < 4.78 is 11.2. The van der Waals surface area contributed by atoms with Gasteiger partial charge < -0.3 is 14.4 Å². The molecular weight excluding hydrogens is 334 g/mol. The number of ether oxygens (including phenoxy) is 2. The number of fused-ring (bicyclic) bond motifs is 2. The number of hydrogen-bond acceptors (Lipinski definition) is 3. The highest BCUT2D eigenvalue weighted by atomic mass is 16.7. The molecule has 1 unspecified atom stereocenters. The van der Waals surface area contributed by atoms with E-state index in [0.29, 0.717) is 6.79 Å². The van der Waals surface area contributed by atoms with E-state index in [1.165, 1.54) is 35.1 Å². The molecule has 0 saturated carbocycles. The van der Waals surface area contributed by atoms with Crippen LogP contribution in [0.5, 0.6) is 11.5 Å². The molecule has 0 bridgehead atoms. The van der Waals surface area contributed by atoms with Crippen molar-refractivity contribution in [3.05, 3.63) is 64.2 Å². The summed E-state index contributed by atoms with van der Waals surface area (Å²) in [5, 5.41) is 0. The lowest BCUT2D eigenvalue weighted by Gasteiger charge is -2.33. The van der Waals surface area contributed by atoms with E-state index in [2.05, 4.69) is 62.2 Å². The molecular formula is C24H27NO2. The predicted octanol–water partition coefficient (Wildman–Crippen LogP) is 4.72. The molecule has 2 aromatic carbocycles. The molecule has 2 heterocycles. The lowest BCUT2D eigenvalue weighted by molar-refractivity contribution is 0.174. The molecule has 0 amide bonds. The van der Waals surface area contributed by atoms with Crippen molar-refractivity contribution in [2.75, 3.05) is 26.9 Å². The van der Waals surface area contributed by atoms with Gasteiger partial charge in [-0.25, -0.2) is 0 Å². The van der Waals surface area contributed by atoms with E-state index in [0.717, 1.165) is 31.0 Å². The number of hydrogen-bond donors (Lipinski definition) is 0. The van der Waals surface area contributed by atoms with Gasteiger partial charge in [-0.15, -0.1) is 0 Å². The van der Waals surface area contributed by atoms with Crippen LogP contribution in [0.3, 0.4) is 0 Å². The minimum atomic E-state index is -0.0116. The molecule has 1 aliphatic carbocycles. The van der Waals surface area contributed by atoms with Gasteiger partial charge in [-0.2, -0.15) is 0 Å². The minimum Gasteiger partial charge on any atom is -0.454 e. The Bertz CT molecular complexity index is 935. The Labute approximate surface area is 161 Å². The number of aryl methyl sites for hydroxylation is 1. The Kier molecular flexibility index (Phi) is 3.83. The number of piperidine rings is 1. The fourth-order valence-corrected chi connectivity index (χ4v) is 5.05. The van der Waals surface area contributed by atoms with Gasteiger partial charge in [0.15, 0.2) is 11.5 Å². The monoisotopic (exact) mass is 361 g/mol. The van der Waals surface area contributed by atoms with Gasteiger partial charge in [0, 0.05) is 18.5 Å². The van der Waals surface area contributed by atoms with Gasteiger partial charge in [-0.3, -0.25) is 0 Å². The quantitative estimate of drug-likeness (QED) is 0.734. The third-order valence-electron chi connectivity index (χ3n) is 6.58. The molecule has 1 fully saturated rings. The molecule has 140 valence electrons. The first-order chi connectivity index (χ1) is 13.0. The largest absolute Gasteiger partial charge is 0.454 e. The highest BCUT2D eigenvalue weighted by Crippen LogP contribution is 2.52. The summed E-state index contributed by atoms with van der Waals surface area (Å²) in [4.78, 5) is 2.44. The topological polar surface area (TPSA) is 21.7 Å². The molecule has 3 nitrogen and oxygen atoms in total. The van der Waals surface area contributed by atoms with Crippen LogP contribution in [0.15, 0.2) is 42.0 Å². The van der Waals surface area contributed by atoms with E-state index in [4.69, 9.17) is 9.47 Å². The standard InChI is InChI=1S/C24H27NO2/c1-16-4-5-18-14-24(2,19-6-7-21-22(13-19)27-15-26-21)23(20(18)12-16)17-8-10-25(3)11-9-17/h4-7,12-13H,8-11,14-15H2,1-3H3. The van der Waals surface area contributed by atoms with Crippen molar-refractivity contribution in [3.63, 3.8) is 0 Å². The van der Waals surface area contributed by atoms with Gasteiger partial charge in [-0.05, 0) is 67.6 Å². The minimum absolute atomic E-state index is 0.0116. The molecule has 2 aromatic rings. The summed E-state index contributed by atoms with van der Waals surface area (Å²) in [7, 11) is 2.23. The van der Waals surface area contributed by atoms with Crippen molar-refractivity contribution in [1.29, 1.82) is 0 Å². The fourth-order valence-electron chi connectivity index (χ4n) is 5.05. The van der Waals surface area contributed by atoms with E-state index >= 15 is 0 Å². The first kappa shape index (κ1) is 16.9. The van der Waals surface area contributed by atoms with Crippen LogP contribution in [0.4, 0.5) is 0 Å². The van der Waals surface area contributed by atoms with E-state index in [1.54, 1.807) is 11.1 Å². The van der Waals surface area contributed by atoms with E-state index in [-0.39, 0.29) is 5.41 Å². The van der Waals surface area contributed by atoms with E-state index in [1.807, 2.05) is 0 Å². The second-order valence-electron chi connectivity index (χ2n) is 8.52. The fraction of sp³-hybridized carbons (Fsp3) is 0.417. The second-order valence-corrected chi connectivity index (χ2v) is 8.52. The maximum absolute atomic E-state index is 5.69. The third kappa shape index (κ3) is 2.68. The van der Waals surface area contributed by atoms with Crippen LogP contribution in [-0.4, -0.2) is 31.8 Å². The number of benzene rings is 2. The zero-order chi connectivity index (χ0) is 18.6. The van der Waals surface area contributed by atoms with Crippen LogP contribution < -0.4 is 9.47 Å². The highest BCUT2D eigenvalue weighted by molar-refractivity contribution is 5.84. The Morgan fingerprint density at radius 3 is 2.56 bits per heavy atom. The van der Waals surface area contributed by atoms with Crippen LogP contribution in [-0.2, 0) is 11.8 Å². The summed E-state index contributed by atoms with van der Waals surface area (Å²) in [6.07, 6.45) is 3.38. The zero-order valence-electron chi connectivity index (χ0n) is 16.5. The van der Waals surface area contributed by atoms with Crippen LogP contribution in [0.2, 0.25) is 0 Å². The Morgan fingerprint density at radius 1 is 0.963 bits per heavy atom. The lowest BCUT2D eigenvalue weighted by atomic mass is 9.73. The summed E-state index contributed by atoms with van der Waals surface area (Å²) in [5.74, 6) is 1.75. The maximum atomic E-state index is 5.69.